The maximum Gasteiger partial charge on any atom is 0.231 e. The van der Waals surface area contributed by atoms with E-state index in [4.69, 9.17) is 34.5 Å². The van der Waals surface area contributed by atoms with Crippen LogP contribution in [0.3, 0.4) is 0 Å². The highest BCUT2D eigenvalue weighted by molar-refractivity contribution is 6.28. The van der Waals surface area contributed by atoms with Crippen molar-refractivity contribution in [2.45, 2.75) is 32.1 Å². The fourth-order valence-corrected chi connectivity index (χ4v) is 3.27. The molecule has 0 aliphatic carbocycles. The summed E-state index contributed by atoms with van der Waals surface area (Å²) in [5.41, 5.74) is 23.0. The number of aliphatic imine (C=N–C) groups is 2. The second kappa shape index (κ2) is 14.7. The number of aromatic nitrogens is 3. The van der Waals surface area contributed by atoms with E-state index in [-0.39, 0.29) is 17.2 Å². The van der Waals surface area contributed by atoms with Gasteiger partial charge in [-0.3, -0.25) is 9.98 Å². The van der Waals surface area contributed by atoms with Gasteiger partial charge in [-0.2, -0.15) is 15.0 Å². The van der Waals surface area contributed by atoms with Gasteiger partial charge in [0.1, 0.15) is 0 Å². The third-order valence-electron chi connectivity index (χ3n) is 4.66. The molecule has 1 aromatic carbocycles. The lowest BCUT2D eigenvalue weighted by Crippen LogP contribution is -2.30. The quantitative estimate of drug-likeness (QED) is 0.143. The van der Waals surface area contributed by atoms with Crippen molar-refractivity contribution in [2.24, 2.45) is 32.9 Å². The molecular formula is C21H34ClN11. The lowest BCUT2D eigenvalue weighted by molar-refractivity contribution is 0.682. The molecule has 0 spiro atoms. The molecule has 33 heavy (non-hydrogen) atoms. The predicted octanol–water partition coefficient (Wildman–Crippen LogP) is 1.09. The monoisotopic (exact) mass is 475 g/mol. The standard InChI is InChI=1S/C21H34ClN11/c22-17-30-20(29-11-5-4-10-16-8-2-1-3-9-16)32-21(31-17)33(14-6-12-27-18(23)24)15-7-13-28-19(25)26/h1-3,8-9H,4-7,10-15H2,(H4,23,24,27)(H4,25,26,28)(H,29,30,31,32). The molecule has 0 saturated heterocycles. The van der Waals surface area contributed by atoms with Gasteiger partial charge in [-0.1, -0.05) is 30.3 Å². The van der Waals surface area contributed by atoms with E-state index in [1.807, 2.05) is 11.0 Å². The first-order valence-electron chi connectivity index (χ1n) is 11.0. The summed E-state index contributed by atoms with van der Waals surface area (Å²) in [4.78, 5) is 23.1. The minimum atomic E-state index is 0.0660. The summed E-state index contributed by atoms with van der Waals surface area (Å²) < 4.78 is 0. The summed E-state index contributed by atoms with van der Waals surface area (Å²) in [5.74, 6) is 1.06. The van der Waals surface area contributed by atoms with Crippen molar-refractivity contribution in [1.29, 1.82) is 0 Å². The largest absolute Gasteiger partial charge is 0.370 e. The Morgan fingerprint density at radius 3 is 2.09 bits per heavy atom. The Morgan fingerprint density at radius 1 is 0.848 bits per heavy atom. The van der Waals surface area contributed by atoms with Crippen LogP contribution >= 0.6 is 11.6 Å². The average molecular weight is 476 g/mol. The summed E-state index contributed by atoms with van der Waals surface area (Å²) >= 11 is 6.18. The van der Waals surface area contributed by atoms with Crippen LogP contribution in [0.5, 0.6) is 0 Å². The summed E-state index contributed by atoms with van der Waals surface area (Å²) in [6, 6.07) is 10.4. The zero-order valence-corrected chi connectivity index (χ0v) is 19.6. The van der Waals surface area contributed by atoms with Gasteiger partial charge in [0.15, 0.2) is 11.9 Å². The summed E-state index contributed by atoms with van der Waals surface area (Å²) in [6.07, 6.45) is 4.50. The Balaban J connectivity index is 1.93. The average Bonchev–Trinajstić information content (AvgIpc) is 2.77. The second-order valence-electron chi connectivity index (χ2n) is 7.40. The SMILES string of the molecule is NC(N)=NCCCN(CCCN=C(N)N)c1nc(Cl)nc(NCCCCc2ccccc2)n1. The topological polar surface area (TPSA) is 183 Å². The van der Waals surface area contributed by atoms with Gasteiger partial charge in [-0.15, -0.1) is 0 Å². The van der Waals surface area contributed by atoms with Crippen LogP contribution in [-0.2, 0) is 6.42 Å². The van der Waals surface area contributed by atoms with Crippen LogP contribution in [-0.4, -0.2) is 59.6 Å². The van der Waals surface area contributed by atoms with Gasteiger partial charge in [0.2, 0.25) is 17.2 Å². The van der Waals surface area contributed by atoms with Crippen LogP contribution in [0, 0.1) is 0 Å². The van der Waals surface area contributed by atoms with Crippen LogP contribution in [0.4, 0.5) is 11.9 Å². The smallest absolute Gasteiger partial charge is 0.231 e. The number of guanidine groups is 2. The van der Waals surface area contributed by atoms with Crippen molar-refractivity contribution in [3.05, 3.63) is 41.2 Å². The molecule has 0 bridgehead atoms. The first-order chi connectivity index (χ1) is 15.9. The number of rotatable bonds is 15. The van der Waals surface area contributed by atoms with E-state index in [2.05, 4.69) is 54.5 Å². The number of aryl methyl sites for hydroxylation is 1. The van der Waals surface area contributed by atoms with Crippen molar-refractivity contribution in [2.75, 3.05) is 42.9 Å². The zero-order chi connectivity index (χ0) is 23.9. The molecule has 0 aliphatic rings. The number of anilines is 2. The molecule has 12 heteroatoms. The van der Waals surface area contributed by atoms with Crippen molar-refractivity contribution >= 4 is 35.4 Å². The zero-order valence-electron chi connectivity index (χ0n) is 18.8. The second-order valence-corrected chi connectivity index (χ2v) is 7.74. The highest BCUT2D eigenvalue weighted by atomic mass is 35.5. The number of unbranched alkanes of at least 4 members (excludes halogenated alkanes) is 1. The highest BCUT2D eigenvalue weighted by Crippen LogP contribution is 2.15. The first kappa shape index (κ1) is 25.9. The molecule has 180 valence electrons. The van der Waals surface area contributed by atoms with Gasteiger partial charge >= 0.3 is 0 Å². The summed E-state index contributed by atoms with van der Waals surface area (Å²) in [7, 11) is 0. The Hall–Kier alpha value is -3.34. The Morgan fingerprint density at radius 2 is 1.48 bits per heavy atom. The molecule has 1 aromatic heterocycles. The van der Waals surface area contributed by atoms with Crippen LogP contribution in [0.25, 0.3) is 0 Å². The van der Waals surface area contributed by atoms with Gasteiger partial charge < -0.3 is 33.2 Å². The lowest BCUT2D eigenvalue weighted by Gasteiger charge is -2.22. The Kier molecular flexibility index (Phi) is 11.5. The molecule has 9 N–H and O–H groups in total. The number of halogens is 1. The molecule has 0 atom stereocenters. The van der Waals surface area contributed by atoms with E-state index < -0.39 is 0 Å². The highest BCUT2D eigenvalue weighted by Gasteiger charge is 2.13. The van der Waals surface area contributed by atoms with Gasteiger partial charge in [0.25, 0.3) is 0 Å². The van der Waals surface area contributed by atoms with Gasteiger partial charge in [0, 0.05) is 32.7 Å². The van der Waals surface area contributed by atoms with Crippen LogP contribution in [0.2, 0.25) is 5.28 Å². The normalized spacial score (nSPS) is 10.5. The fourth-order valence-electron chi connectivity index (χ4n) is 3.11. The number of nitrogens with two attached hydrogens (primary N) is 4. The third kappa shape index (κ3) is 11.2. The van der Waals surface area contributed by atoms with Crippen molar-refractivity contribution in [3.63, 3.8) is 0 Å². The minimum absolute atomic E-state index is 0.0660. The molecule has 2 rings (SSSR count). The van der Waals surface area contributed by atoms with Crippen LogP contribution in [0.1, 0.15) is 31.2 Å². The maximum absolute atomic E-state index is 6.18. The number of hydrogen-bond acceptors (Lipinski definition) is 7. The number of benzene rings is 1. The van der Waals surface area contributed by atoms with E-state index >= 15 is 0 Å². The molecular weight excluding hydrogens is 442 g/mol. The first-order valence-corrected chi connectivity index (χ1v) is 11.4. The third-order valence-corrected chi connectivity index (χ3v) is 4.83. The number of nitrogens with one attached hydrogen (secondary N) is 1. The lowest BCUT2D eigenvalue weighted by atomic mass is 10.1. The Labute approximate surface area is 199 Å². The maximum atomic E-state index is 6.18. The fraction of sp³-hybridized carbons (Fsp3) is 0.476. The summed E-state index contributed by atoms with van der Waals surface area (Å²) in [5, 5.41) is 3.38. The van der Waals surface area contributed by atoms with E-state index in [9.17, 15) is 0 Å². The van der Waals surface area contributed by atoms with Crippen molar-refractivity contribution in [3.8, 4) is 0 Å². The van der Waals surface area contributed by atoms with E-state index in [1.54, 1.807) is 0 Å². The number of hydrogen-bond donors (Lipinski definition) is 5. The summed E-state index contributed by atoms with van der Waals surface area (Å²) in [6.45, 7) is 3.00. The number of nitrogens with zero attached hydrogens (tertiary/aromatic N) is 6. The molecule has 1 heterocycles. The molecule has 11 nitrogen and oxygen atoms in total. The molecule has 0 unspecified atom stereocenters. The van der Waals surface area contributed by atoms with Gasteiger partial charge in [-0.05, 0) is 49.3 Å². The van der Waals surface area contributed by atoms with Gasteiger partial charge in [0.05, 0.1) is 0 Å². The minimum Gasteiger partial charge on any atom is -0.370 e. The molecule has 0 fully saturated rings. The van der Waals surface area contributed by atoms with E-state index in [1.165, 1.54) is 5.56 Å². The van der Waals surface area contributed by atoms with Crippen molar-refractivity contribution < 1.29 is 0 Å². The molecule has 0 amide bonds. The van der Waals surface area contributed by atoms with Crippen LogP contribution < -0.4 is 33.2 Å². The molecule has 2 aromatic rings. The van der Waals surface area contributed by atoms with Gasteiger partial charge in [-0.25, -0.2) is 0 Å². The van der Waals surface area contributed by atoms with Crippen LogP contribution in [0.15, 0.2) is 40.3 Å². The van der Waals surface area contributed by atoms with E-state index in [0.717, 1.165) is 25.8 Å². The predicted molar refractivity (Wildman–Crippen MR) is 136 cm³/mol. The molecule has 0 saturated carbocycles. The molecule has 0 aliphatic heterocycles. The van der Waals surface area contributed by atoms with E-state index in [0.29, 0.717) is 50.9 Å². The molecule has 0 radical (unpaired) electrons. The van der Waals surface area contributed by atoms with Crippen molar-refractivity contribution in [1.82, 2.24) is 15.0 Å². The Bertz CT molecular complexity index is 857.